The average Bonchev–Trinajstić information content (AvgIpc) is 2.72. The largest absolute Gasteiger partial charge is 0.327 e. The lowest BCUT2D eigenvalue weighted by atomic mass is 10.2. The van der Waals surface area contributed by atoms with Gasteiger partial charge in [-0.2, -0.15) is 0 Å². The molecule has 0 N–H and O–H groups in total. The number of amides is 3. The summed E-state index contributed by atoms with van der Waals surface area (Å²) < 4.78 is 0. The maximum Gasteiger partial charge on any atom is 0.327 e. The molecular weight excluding hydrogens is 180 g/mol. The van der Waals surface area contributed by atoms with Gasteiger partial charge in [0, 0.05) is 6.54 Å². The van der Waals surface area contributed by atoms with E-state index in [0.717, 1.165) is 12.8 Å². The molecule has 2 heterocycles. The first-order valence-corrected chi connectivity index (χ1v) is 4.72. The lowest BCUT2D eigenvalue weighted by molar-refractivity contribution is -0.127. The van der Waals surface area contributed by atoms with Gasteiger partial charge in [-0.05, 0) is 18.9 Å². The van der Waals surface area contributed by atoms with Crippen LogP contribution < -0.4 is 0 Å². The Labute approximate surface area is 82.5 Å². The summed E-state index contributed by atoms with van der Waals surface area (Å²) in [5, 5.41) is 0. The molecule has 0 unspecified atom stereocenters. The lowest BCUT2D eigenvalue weighted by Crippen LogP contribution is -2.33. The third-order valence-electron chi connectivity index (χ3n) is 2.70. The van der Waals surface area contributed by atoms with E-state index in [1.807, 2.05) is 0 Å². The van der Waals surface area contributed by atoms with Gasteiger partial charge in [0.05, 0.1) is 6.54 Å². The Morgan fingerprint density at radius 2 is 2.36 bits per heavy atom. The van der Waals surface area contributed by atoms with E-state index in [1.165, 1.54) is 4.90 Å². The van der Waals surface area contributed by atoms with Crippen LogP contribution in [0.1, 0.15) is 12.8 Å². The molecule has 0 bridgehead atoms. The molecule has 74 valence electrons. The van der Waals surface area contributed by atoms with Crippen LogP contribution in [0.5, 0.6) is 0 Å². The average molecular weight is 192 g/mol. The van der Waals surface area contributed by atoms with Crippen molar-refractivity contribution in [3.05, 3.63) is 18.4 Å². The van der Waals surface area contributed by atoms with E-state index in [4.69, 9.17) is 0 Å². The van der Waals surface area contributed by atoms with Crippen LogP contribution in [-0.2, 0) is 4.79 Å². The smallest absolute Gasteiger partial charge is 0.312 e. The fourth-order valence-electron chi connectivity index (χ4n) is 2.01. The first kappa shape index (κ1) is 9.03. The zero-order valence-electron chi connectivity index (χ0n) is 7.90. The van der Waals surface area contributed by atoms with Gasteiger partial charge in [-0.3, -0.25) is 9.69 Å². The molecule has 2 aliphatic heterocycles. The predicted octanol–water partition coefficient (Wildman–Crippen LogP) is 0.754. The van der Waals surface area contributed by atoms with Crippen molar-refractivity contribution in [2.24, 2.45) is 0 Å². The fourth-order valence-corrected chi connectivity index (χ4v) is 2.01. The third kappa shape index (κ3) is 1.16. The Morgan fingerprint density at radius 1 is 1.57 bits per heavy atom. The molecule has 0 saturated carbocycles. The summed E-state index contributed by atoms with van der Waals surface area (Å²) in [6.07, 6.45) is 3.34. The van der Waals surface area contributed by atoms with Crippen molar-refractivity contribution in [2.45, 2.75) is 18.9 Å². The number of nitrogens with zero attached hydrogens (tertiary/aromatic N) is 2. The first-order chi connectivity index (χ1) is 6.75. The minimum absolute atomic E-state index is 0.0704. The highest BCUT2D eigenvalue weighted by atomic mass is 16.2. The van der Waals surface area contributed by atoms with Crippen molar-refractivity contribution < 1.29 is 9.59 Å². The van der Waals surface area contributed by atoms with Crippen LogP contribution >= 0.6 is 0 Å². The molecule has 2 fully saturated rings. The Balaban J connectivity index is 2.17. The monoisotopic (exact) mass is 192 g/mol. The number of rotatable bonds is 2. The molecule has 14 heavy (non-hydrogen) atoms. The van der Waals surface area contributed by atoms with E-state index in [9.17, 15) is 9.59 Å². The molecule has 1 atom stereocenters. The molecule has 0 aromatic heterocycles. The Hall–Kier alpha value is -1.54. The van der Waals surface area contributed by atoms with Crippen LogP contribution in [0.25, 0.3) is 0 Å². The highest BCUT2D eigenvalue weighted by molar-refractivity contribution is 6.04. The van der Waals surface area contributed by atoms with Crippen LogP contribution in [0.4, 0.5) is 4.79 Å². The van der Waals surface area contributed by atoms with Gasteiger partial charge in [0.1, 0.15) is 6.04 Å². The molecule has 0 spiro atoms. The number of hydrogen-bond acceptors (Lipinski definition) is 2. The second kappa shape index (κ2) is 3.31. The predicted molar refractivity (Wildman–Crippen MR) is 50.5 cm³/mol. The van der Waals surface area contributed by atoms with Gasteiger partial charge >= 0.3 is 6.03 Å². The number of urea groups is 1. The zero-order valence-corrected chi connectivity index (χ0v) is 7.90. The van der Waals surface area contributed by atoms with Crippen molar-refractivity contribution in [1.29, 1.82) is 0 Å². The zero-order chi connectivity index (χ0) is 10.1. The summed E-state index contributed by atoms with van der Waals surface area (Å²) in [7, 11) is 0. The Morgan fingerprint density at radius 3 is 3.00 bits per heavy atom. The molecule has 0 aromatic rings. The maximum atomic E-state index is 11.7. The van der Waals surface area contributed by atoms with Gasteiger partial charge in [0.2, 0.25) is 0 Å². The van der Waals surface area contributed by atoms with Crippen molar-refractivity contribution >= 4 is 11.9 Å². The number of fused-ring (bicyclic) bond motifs is 1. The number of carbonyl (C=O) groups excluding carboxylic acids is 2. The van der Waals surface area contributed by atoms with E-state index in [2.05, 4.69) is 12.3 Å². The van der Waals surface area contributed by atoms with Crippen molar-refractivity contribution in [1.82, 2.24) is 9.80 Å². The topological polar surface area (TPSA) is 40.6 Å². The van der Waals surface area contributed by atoms with Crippen LogP contribution in [0, 0.1) is 0 Å². The summed E-state index contributed by atoms with van der Waals surface area (Å²) in [6.45, 7) is 4.41. The van der Waals surface area contributed by atoms with Crippen molar-refractivity contribution in [3.63, 3.8) is 0 Å². The molecular formula is C10H12N2O2. The summed E-state index contributed by atoms with van der Waals surface area (Å²) in [4.78, 5) is 26.3. The summed E-state index contributed by atoms with van der Waals surface area (Å²) in [5.74, 6) is -0.0704. The summed E-state index contributed by atoms with van der Waals surface area (Å²) >= 11 is 0. The molecule has 2 saturated heterocycles. The van der Waals surface area contributed by atoms with E-state index in [1.54, 1.807) is 11.0 Å². The lowest BCUT2D eigenvalue weighted by Gasteiger charge is -2.12. The number of hydrogen-bond donors (Lipinski definition) is 0. The maximum absolute atomic E-state index is 11.7. The summed E-state index contributed by atoms with van der Waals surface area (Å²) in [6, 6.07) is -0.357. The quantitative estimate of drug-likeness (QED) is 0.478. The van der Waals surface area contributed by atoms with E-state index in [-0.39, 0.29) is 18.0 Å². The van der Waals surface area contributed by atoms with Gasteiger partial charge in [-0.15, -0.1) is 5.73 Å². The van der Waals surface area contributed by atoms with Gasteiger partial charge in [0.15, 0.2) is 0 Å². The van der Waals surface area contributed by atoms with Crippen LogP contribution in [0.15, 0.2) is 18.4 Å². The highest BCUT2D eigenvalue weighted by Gasteiger charge is 2.46. The van der Waals surface area contributed by atoms with E-state index in [0.29, 0.717) is 13.1 Å². The molecule has 2 rings (SSSR count). The Kier molecular flexibility index (Phi) is 2.14. The second-order valence-electron chi connectivity index (χ2n) is 3.49. The van der Waals surface area contributed by atoms with Crippen LogP contribution in [0.3, 0.4) is 0 Å². The molecule has 4 nitrogen and oxygen atoms in total. The second-order valence-corrected chi connectivity index (χ2v) is 3.49. The fraction of sp³-hybridized carbons (Fsp3) is 0.500. The highest BCUT2D eigenvalue weighted by Crippen LogP contribution is 2.26. The molecule has 2 aliphatic rings. The third-order valence-corrected chi connectivity index (χ3v) is 2.70. The standard InChI is InChI=1S/C10H12N2O2/c1-2-3-6-12-9(13)8-5-4-7-11(8)10(12)14/h3,8H,1,4-7H2/t8-/m0/s1. The van der Waals surface area contributed by atoms with E-state index >= 15 is 0 Å². The molecule has 4 heteroatoms. The van der Waals surface area contributed by atoms with Crippen LogP contribution in [0.2, 0.25) is 0 Å². The van der Waals surface area contributed by atoms with Gasteiger partial charge < -0.3 is 4.90 Å². The minimum Gasteiger partial charge on any atom is -0.312 e. The SMILES string of the molecule is C=C=CCN1C(=O)[C@@H]2CCCN2C1=O. The summed E-state index contributed by atoms with van der Waals surface area (Å²) in [5.41, 5.74) is 2.56. The van der Waals surface area contributed by atoms with Crippen molar-refractivity contribution in [2.75, 3.05) is 13.1 Å². The van der Waals surface area contributed by atoms with Crippen LogP contribution in [-0.4, -0.2) is 40.9 Å². The van der Waals surface area contributed by atoms with Gasteiger partial charge in [-0.25, -0.2) is 4.79 Å². The first-order valence-electron chi connectivity index (χ1n) is 4.72. The van der Waals surface area contributed by atoms with E-state index < -0.39 is 0 Å². The molecule has 0 radical (unpaired) electrons. The minimum atomic E-state index is -0.194. The normalized spacial score (nSPS) is 25.3. The number of imide groups is 1. The molecule has 0 aliphatic carbocycles. The van der Waals surface area contributed by atoms with Crippen molar-refractivity contribution in [3.8, 4) is 0 Å². The molecule has 3 amide bonds. The number of carbonyl (C=O) groups is 2. The Bertz CT molecular complexity index is 309. The molecule has 0 aromatic carbocycles. The van der Waals surface area contributed by atoms with Gasteiger partial charge in [0.25, 0.3) is 5.91 Å². The van der Waals surface area contributed by atoms with Gasteiger partial charge in [-0.1, -0.05) is 6.58 Å².